The van der Waals surface area contributed by atoms with Gasteiger partial charge in [-0.15, -0.1) is 0 Å². The zero-order valence-electron chi connectivity index (χ0n) is 19.1. The van der Waals surface area contributed by atoms with Crippen LogP contribution in [0.15, 0.2) is 59.5 Å². The molecule has 2 amide bonds. The molecule has 34 heavy (non-hydrogen) atoms. The first-order valence-corrected chi connectivity index (χ1v) is 13.6. The molecular weight excluding hydrogens is 450 g/mol. The maximum Gasteiger partial charge on any atom is 0.261 e. The second-order valence-corrected chi connectivity index (χ2v) is 11.9. The number of carbonyl (C=O) groups excluding carboxylic acids is 2. The molecule has 0 aromatic heterocycles. The number of nitrogens with one attached hydrogen (secondary N) is 3. The van der Waals surface area contributed by atoms with Crippen LogP contribution in [-0.2, 0) is 19.6 Å². The molecule has 4 fully saturated rings. The summed E-state index contributed by atoms with van der Waals surface area (Å²) in [7, 11) is -3.71. The number of hydrogen-bond donors (Lipinski definition) is 3. The van der Waals surface area contributed by atoms with E-state index in [9.17, 15) is 18.0 Å². The van der Waals surface area contributed by atoms with E-state index in [2.05, 4.69) is 15.4 Å². The van der Waals surface area contributed by atoms with Crippen molar-refractivity contribution in [3.05, 3.63) is 54.6 Å². The van der Waals surface area contributed by atoms with Crippen molar-refractivity contribution < 1.29 is 18.0 Å². The molecule has 0 spiro atoms. The quantitative estimate of drug-likeness (QED) is 0.527. The van der Waals surface area contributed by atoms with Gasteiger partial charge in [0.05, 0.1) is 10.6 Å². The summed E-state index contributed by atoms with van der Waals surface area (Å²) < 4.78 is 27.6. The van der Waals surface area contributed by atoms with Gasteiger partial charge in [0.2, 0.25) is 11.8 Å². The van der Waals surface area contributed by atoms with Crippen LogP contribution in [0.1, 0.15) is 44.9 Å². The van der Waals surface area contributed by atoms with Crippen LogP contribution in [0.2, 0.25) is 0 Å². The van der Waals surface area contributed by atoms with Gasteiger partial charge < -0.3 is 10.6 Å². The number of amides is 2. The van der Waals surface area contributed by atoms with E-state index in [-0.39, 0.29) is 28.5 Å². The third kappa shape index (κ3) is 4.82. The van der Waals surface area contributed by atoms with Gasteiger partial charge in [-0.3, -0.25) is 14.3 Å². The summed E-state index contributed by atoms with van der Waals surface area (Å²) in [4.78, 5) is 25.6. The SMILES string of the molecule is O=C(CCNC(=O)C12CC3CC(CC(C3)C1)C2)Nc1cccc(NS(=O)(=O)c2ccccc2)c1. The summed E-state index contributed by atoms with van der Waals surface area (Å²) in [6, 6.07) is 14.7. The Hall–Kier alpha value is -2.87. The summed E-state index contributed by atoms with van der Waals surface area (Å²) in [6.45, 7) is 0.298. The van der Waals surface area contributed by atoms with Crippen LogP contribution in [0.4, 0.5) is 11.4 Å². The van der Waals surface area contributed by atoms with E-state index in [4.69, 9.17) is 0 Å². The van der Waals surface area contributed by atoms with E-state index in [0.29, 0.717) is 35.7 Å². The molecule has 0 radical (unpaired) electrons. The van der Waals surface area contributed by atoms with E-state index in [0.717, 1.165) is 19.3 Å². The molecule has 2 aromatic carbocycles. The Morgan fingerprint density at radius 3 is 2.12 bits per heavy atom. The number of anilines is 2. The summed E-state index contributed by atoms with van der Waals surface area (Å²) >= 11 is 0. The fourth-order valence-corrected chi connectivity index (χ4v) is 7.63. The van der Waals surface area contributed by atoms with Crippen LogP contribution in [-0.4, -0.2) is 26.8 Å². The number of benzene rings is 2. The Morgan fingerprint density at radius 2 is 1.47 bits per heavy atom. The zero-order chi connectivity index (χ0) is 23.8. The molecule has 6 rings (SSSR count). The Labute approximate surface area is 200 Å². The van der Waals surface area contributed by atoms with Crippen molar-refractivity contribution in [3.8, 4) is 0 Å². The first-order chi connectivity index (χ1) is 16.3. The molecule has 0 unspecified atom stereocenters. The lowest BCUT2D eigenvalue weighted by Crippen LogP contribution is -2.53. The van der Waals surface area contributed by atoms with E-state index in [1.165, 1.54) is 31.4 Å². The normalized spacial score (nSPS) is 27.2. The van der Waals surface area contributed by atoms with Gasteiger partial charge in [-0.25, -0.2) is 8.42 Å². The average Bonchev–Trinajstić information content (AvgIpc) is 2.78. The van der Waals surface area contributed by atoms with Crippen molar-refractivity contribution in [1.82, 2.24) is 5.32 Å². The van der Waals surface area contributed by atoms with Gasteiger partial charge in [0.25, 0.3) is 10.0 Å². The van der Waals surface area contributed by atoms with Gasteiger partial charge in [0.15, 0.2) is 0 Å². The minimum Gasteiger partial charge on any atom is -0.355 e. The number of carbonyl (C=O) groups is 2. The monoisotopic (exact) mass is 481 g/mol. The molecule has 0 heterocycles. The standard InChI is InChI=1S/C26H31N3O4S/c30-24(9-10-27-25(31)26-15-18-11-19(16-26)13-20(12-18)17-26)28-21-5-4-6-22(14-21)29-34(32,33)23-7-2-1-3-8-23/h1-8,14,18-20,29H,9-13,15-17H2,(H,27,31)(H,28,30). The van der Waals surface area contributed by atoms with Crippen LogP contribution in [0.3, 0.4) is 0 Å². The predicted octanol–water partition coefficient (Wildman–Crippen LogP) is 4.15. The number of hydrogen-bond acceptors (Lipinski definition) is 4. The third-order valence-corrected chi connectivity index (χ3v) is 9.01. The molecule has 0 atom stereocenters. The second kappa shape index (κ2) is 9.06. The molecule has 3 N–H and O–H groups in total. The van der Waals surface area contributed by atoms with Gasteiger partial charge in [-0.05, 0) is 86.6 Å². The summed E-state index contributed by atoms with van der Waals surface area (Å²) in [5.74, 6) is 2.00. The minimum absolute atomic E-state index is 0.122. The maximum absolute atomic E-state index is 13.0. The first kappa shape index (κ1) is 22.9. The largest absolute Gasteiger partial charge is 0.355 e. The van der Waals surface area contributed by atoms with E-state index in [1.54, 1.807) is 42.5 Å². The minimum atomic E-state index is -3.71. The molecule has 4 bridgehead atoms. The first-order valence-electron chi connectivity index (χ1n) is 12.1. The van der Waals surface area contributed by atoms with Gasteiger partial charge in [0, 0.05) is 24.1 Å². The summed E-state index contributed by atoms with van der Waals surface area (Å²) in [5.41, 5.74) is 0.637. The van der Waals surface area contributed by atoms with E-state index >= 15 is 0 Å². The third-order valence-electron chi connectivity index (χ3n) is 7.61. The van der Waals surface area contributed by atoms with Gasteiger partial charge in [-0.2, -0.15) is 0 Å². The highest BCUT2D eigenvalue weighted by Crippen LogP contribution is 2.60. The Bertz CT molecular complexity index is 1140. The van der Waals surface area contributed by atoms with Crippen LogP contribution >= 0.6 is 0 Å². The highest BCUT2D eigenvalue weighted by Gasteiger charge is 2.54. The lowest BCUT2D eigenvalue weighted by Gasteiger charge is -2.55. The molecule has 4 aliphatic rings. The lowest BCUT2D eigenvalue weighted by molar-refractivity contribution is -0.146. The van der Waals surface area contributed by atoms with Gasteiger partial charge >= 0.3 is 0 Å². The Kier molecular flexibility index (Phi) is 6.10. The molecule has 2 aromatic rings. The lowest BCUT2D eigenvalue weighted by atomic mass is 9.49. The zero-order valence-corrected chi connectivity index (χ0v) is 19.9. The van der Waals surface area contributed by atoms with Crippen molar-refractivity contribution >= 4 is 33.2 Å². The van der Waals surface area contributed by atoms with Crippen LogP contribution in [0.25, 0.3) is 0 Å². The van der Waals surface area contributed by atoms with Crippen LogP contribution in [0.5, 0.6) is 0 Å². The van der Waals surface area contributed by atoms with Crippen LogP contribution in [0, 0.1) is 23.2 Å². The van der Waals surface area contributed by atoms with Crippen molar-refractivity contribution in [3.63, 3.8) is 0 Å². The number of sulfonamides is 1. The van der Waals surface area contributed by atoms with Gasteiger partial charge in [0.1, 0.15) is 0 Å². The van der Waals surface area contributed by atoms with E-state index < -0.39 is 10.0 Å². The molecule has 4 aliphatic carbocycles. The van der Waals surface area contributed by atoms with Gasteiger partial charge in [-0.1, -0.05) is 24.3 Å². The molecule has 0 aliphatic heterocycles. The van der Waals surface area contributed by atoms with Crippen molar-refractivity contribution in [2.75, 3.05) is 16.6 Å². The van der Waals surface area contributed by atoms with Crippen molar-refractivity contribution in [1.29, 1.82) is 0 Å². The second-order valence-electron chi connectivity index (χ2n) is 10.3. The molecule has 8 heteroatoms. The number of rotatable bonds is 8. The van der Waals surface area contributed by atoms with E-state index in [1.807, 2.05) is 0 Å². The highest BCUT2D eigenvalue weighted by molar-refractivity contribution is 7.92. The smallest absolute Gasteiger partial charge is 0.261 e. The Morgan fingerprint density at radius 1 is 0.853 bits per heavy atom. The van der Waals surface area contributed by atoms with Crippen LogP contribution < -0.4 is 15.4 Å². The van der Waals surface area contributed by atoms with Crippen molar-refractivity contribution in [2.45, 2.75) is 49.8 Å². The summed E-state index contributed by atoms with van der Waals surface area (Å²) in [6.07, 6.45) is 7.03. The molecule has 180 valence electrons. The Balaban J connectivity index is 1.13. The molecule has 7 nitrogen and oxygen atoms in total. The summed E-state index contributed by atoms with van der Waals surface area (Å²) in [5, 5.41) is 5.82. The fraction of sp³-hybridized carbons (Fsp3) is 0.462. The van der Waals surface area contributed by atoms with Crippen molar-refractivity contribution in [2.24, 2.45) is 23.2 Å². The molecule has 4 saturated carbocycles. The fourth-order valence-electron chi connectivity index (χ4n) is 6.56. The topological polar surface area (TPSA) is 104 Å². The maximum atomic E-state index is 13.0. The highest BCUT2D eigenvalue weighted by atomic mass is 32.2. The molecular formula is C26H31N3O4S. The molecule has 0 saturated heterocycles. The predicted molar refractivity (Wildman–Crippen MR) is 131 cm³/mol. The average molecular weight is 482 g/mol.